The maximum absolute atomic E-state index is 13.5. The van der Waals surface area contributed by atoms with E-state index in [9.17, 15) is 14.7 Å². The van der Waals surface area contributed by atoms with Crippen LogP contribution in [0.25, 0.3) is 0 Å². The molecule has 1 saturated heterocycles. The number of allylic oxidation sites excluding steroid dienone is 2. The zero-order valence-corrected chi connectivity index (χ0v) is 20.9. The number of carbonyl (C=O) groups excluding carboxylic acids is 2. The van der Waals surface area contributed by atoms with E-state index in [1.54, 1.807) is 36.3 Å². The Morgan fingerprint density at radius 2 is 2.03 bits per heavy atom. The van der Waals surface area contributed by atoms with Gasteiger partial charge in [-0.05, 0) is 42.5 Å². The van der Waals surface area contributed by atoms with Gasteiger partial charge in [0.1, 0.15) is 11.8 Å². The number of nitrogens with zero attached hydrogens (tertiary/aromatic N) is 1. The van der Waals surface area contributed by atoms with E-state index in [0.717, 1.165) is 5.57 Å². The number of halogens is 1. The molecule has 1 aromatic rings. The van der Waals surface area contributed by atoms with Crippen LogP contribution in [0.5, 0.6) is 5.75 Å². The largest absolute Gasteiger partial charge is 0.497 e. The third-order valence-corrected chi connectivity index (χ3v) is 7.16. The summed E-state index contributed by atoms with van der Waals surface area (Å²) in [5.74, 6) is 0.0338. The molecule has 3 atom stereocenters. The van der Waals surface area contributed by atoms with Crippen LogP contribution < -0.4 is 10.1 Å². The average molecular weight is 475 g/mol. The molecule has 2 amide bonds. The summed E-state index contributed by atoms with van der Waals surface area (Å²) >= 11 is 6.16. The summed E-state index contributed by atoms with van der Waals surface area (Å²) in [6.07, 6.45) is 6.92. The highest BCUT2D eigenvalue weighted by Gasteiger charge is 2.51. The highest BCUT2D eigenvalue weighted by Crippen LogP contribution is 2.45. The molecule has 0 radical (unpaired) electrons. The number of alkyl halides is 1. The maximum Gasteiger partial charge on any atom is 0.252 e. The minimum absolute atomic E-state index is 0.0536. The van der Waals surface area contributed by atoms with Gasteiger partial charge in [-0.25, -0.2) is 0 Å². The van der Waals surface area contributed by atoms with Gasteiger partial charge >= 0.3 is 0 Å². The van der Waals surface area contributed by atoms with Crippen LogP contribution in [0.15, 0.2) is 48.1 Å². The number of benzene rings is 1. The SMILES string of the molecule is COc1cccc(C(=O)N[C@@H](C(=O)N2CC[C@](O)(C3=CCC(Cl)C=C3)C(C)(C)C2)C(C)C)c1. The van der Waals surface area contributed by atoms with Crippen LogP contribution in [0.1, 0.15) is 50.9 Å². The number of rotatable bonds is 6. The van der Waals surface area contributed by atoms with Gasteiger partial charge in [-0.1, -0.05) is 52.0 Å². The lowest BCUT2D eigenvalue weighted by molar-refractivity contribution is -0.147. The summed E-state index contributed by atoms with van der Waals surface area (Å²) in [6.45, 7) is 8.59. The van der Waals surface area contributed by atoms with E-state index >= 15 is 0 Å². The molecule has 1 fully saturated rings. The highest BCUT2D eigenvalue weighted by atomic mass is 35.5. The molecule has 0 spiro atoms. The van der Waals surface area contributed by atoms with Crippen LogP contribution in [-0.2, 0) is 4.79 Å². The number of piperidine rings is 1. The number of methoxy groups -OCH3 is 1. The molecule has 1 aromatic carbocycles. The second kappa shape index (κ2) is 9.90. The van der Waals surface area contributed by atoms with Crippen LogP contribution in [0.3, 0.4) is 0 Å². The topological polar surface area (TPSA) is 78.9 Å². The molecule has 2 N–H and O–H groups in total. The van der Waals surface area contributed by atoms with Gasteiger partial charge < -0.3 is 20.1 Å². The van der Waals surface area contributed by atoms with Gasteiger partial charge in [0.05, 0.1) is 18.1 Å². The third-order valence-electron chi connectivity index (χ3n) is 6.84. The van der Waals surface area contributed by atoms with E-state index in [1.165, 1.54) is 0 Å². The van der Waals surface area contributed by atoms with E-state index in [4.69, 9.17) is 16.3 Å². The molecule has 0 saturated carbocycles. The van der Waals surface area contributed by atoms with Gasteiger partial charge in [0.15, 0.2) is 0 Å². The lowest BCUT2D eigenvalue weighted by Gasteiger charge is -2.52. The van der Waals surface area contributed by atoms with Crippen LogP contribution in [0, 0.1) is 11.3 Å². The fraction of sp³-hybridized carbons (Fsp3) is 0.538. The molecule has 2 aliphatic rings. The number of nitrogens with one attached hydrogen (secondary N) is 1. The molecule has 7 heteroatoms. The van der Waals surface area contributed by atoms with Crippen LogP contribution >= 0.6 is 11.6 Å². The normalized spacial score (nSPS) is 25.4. The number of ether oxygens (including phenoxy) is 1. The quantitative estimate of drug-likeness (QED) is 0.612. The van der Waals surface area contributed by atoms with Crippen LogP contribution in [0.4, 0.5) is 0 Å². The van der Waals surface area contributed by atoms with Gasteiger partial charge in [0.2, 0.25) is 5.91 Å². The third kappa shape index (κ3) is 5.28. The first kappa shape index (κ1) is 25.3. The molecule has 0 bridgehead atoms. The van der Waals surface area contributed by atoms with Crippen molar-refractivity contribution < 1.29 is 19.4 Å². The summed E-state index contributed by atoms with van der Waals surface area (Å²) in [5.41, 5.74) is -0.318. The van der Waals surface area contributed by atoms with Crippen molar-refractivity contribution in [2.45, 2.75) is 57.6 Å². The fourth-order valence-electron chi connectivity index (χ4n) is 4.65. The summed E-state index contributed by atoms with van der Waals surface area (Å²) in [4.78, 5) is 28.1. The van der Waals surface area contributed by atoms with Crippen molar-refractivity contribution in [2.24, 2.45) is 11.3 Å². The minimum atomic E-state index is -1.05. The number of likely N-dealkylation sites (tertiary alicyclic amines) is 1. The Kier molecular flexibility index (Phi) is 7.59. The summed E-state index contributed by atoms with van der Waals surface area (Å²) in [7, 11) is 1.55. The Morgan fingerprint density at radius 1 is 1.30 bits per heavy atom. The van der Waals surface area contributed by atoms with E-state index < -0.39 is 17.1 Å². The second-order valence-electron chi connectivity index (χ2n) is 9.95. The van der Waals surface area contributed by atoms with Gasteiger partial charge in [-0.15, -0.1) is 11.6 Å². The molecule has 1 heterocycles. The van der Waals surface area contributed by atoms with E-state index in [-0.39, 0.29) is 23.1 Å². The van der Waals surface area contributed by atoms with Crippen LogP contribution in [0.2, 0.25) is 0 Å². The standard InChI is InChI=1S/C26H35ClN2O4/c1-17(2)22(28-23(30)18-7-6-8-21(15-18)33-5)24(31)29-14-13-26(32,25(3,4)16-29)19-9-11-20(27)12-10-19/h6-11,15,17,20,22,32H,12-14,16H2,1-5H3,(H,28,30)/t20?,22-,26+/m1/s1. The molecule has 3 rings (SSSR count). The predicted octanol–water partition coefficient (Wildman–Crippen LogP) is 3.93. The van der Waals surface area contributed by atoms with E-state index in [1.807, 2.05) is 45.9 Å². The molecule has 180 valence electrons. The van der Waals surface area contributed by atoms with Gasteiger partial charge in [-0.2, -0.15) is 0 Å². The van der Waals surface area contributed by atoms with Crippen molar-refractivity contribution in [3.63, 3.8) is 0 Å². The molecular weight excluding hydrogens is 440 g/mol. The Labute approximate surface area is 201 Å². The van der Waals surface area contributed by atoms with Crippen molar-refractivity contribution in [3.8, 4) is 5.75 Å². The van der Waals surface area contributed by atoms with E-state index in [2.05, 4.69) is 5.32 Å². The van der Waals surface area contributed by atoms with Crippen molar-refractivity contribution in [2.75, 3.05) is 20.2 Å². The molecular formula is C26H35ClN2O4. The zero-order valence-electron chi connectivity index (χ0n) is 20.1. The molecule has 33 heavy (non-hydrogen) atoms. The van der Waals surface area contributed by atoms with Crippen molar-refractivity contribution >= 4 is 23.4 Å². The minimum Gasteiger partial charge on any atom is -0.497 e. The van der Waals surface area contributed by atoms with Crippen molar-refractivity contribution in [1.82, 2.24) is 10.2 Å². The molecule has 1 aliphatic carbocycles. The molecule has 6 nitrogen and oxygen atoms in total. The Bertz CT molecular complexity index is 955. The Balaban J connectivity index is 1.75. The number of amides is 2. The van der Waals surface area contributed by atoms with Crippen molar-refractivity contribution in [1.29, 1.82) is 0 Å². The molecule has 1 aliphatic heterocycles. The lowest BCUT2D eigenvalue weighted by Crippen LogP contribution is -2.62. The average Bonchev–Trinajstić information content (AvgIpc) is 2.78. The summed E-state index contributed by atoms with van der Waals surface area (Å²) in [6, 6.07) is 6.19. The monoisotopic (exact) mass is 474 g/mol. The lowest BCUT2D eigenvalue weighted by atomic mass is 9.65. The first-order valence-electron chi connectivity index (χ1n) is 11.5. The Morgan fingerprint density at radius 3 is 2.61 bits per heavy atom. The van der Waals surface area contributed by atoms with E-state index in [0.29, 0.717) is 37.2 Å². The maximum atomic E-state index is 13.5. The molecule has 1 unspecified atom stereocenters. The first-order chi connectivity index (χ1) is 15.5. The Hall–Kier alpha value is -2.31. The van der Waals surface area contributed by atoms with Gasteiger partial charge in [-0.3, -0.25) is 9.59 Å². The van der Waals surface area contributed by atoms with Crippen LogP contribution in [-0.4, -0.2) is 59.0 Å². The molecule has 0 aromatic heterocycles. The first-order valence-corrected chi connectivity index (χ1v) is 11.9. The number of aliphatic hydroxyl groups is 1. The smallest absolute Gasteiger partial charge is 0.252 e. The van der Waals surface area contributed by atoms with Crippen molar-refractivity contribution in [3.05, 3.63) is 53.6 Å². The zero-order chi connectivity index (χ0) is 24.4. The highest BCUT2D eigenvalue weighted by molar-refractivity contribution is 6.22. The fourth-order valence-corrected chi connectivity index (χ4v) is 4.81. The van der Waals surface area contributed by atoms with Gasteiger partial charge in [0.25, 0.3) is 5.91 Å². The summed E-state index contributed by atoms with van der Waals surface area (Å²) in [5, 5.41) is 14.5. The van der Waals surface area contributed by atoms with Gasteiger partial charge in [0, 0.05) is 24.1 Å². The number of carbonyl (C=O) groups is 2. The predicted molar refractivity (Wildman–Crippen MR) is 130 cm³/mol. The second-order valence-corrected chi connectivity index (χ2v) is 10.5. The number of hydrogen-bond donors (Lipinski definition) is 2. The number of hydrogen-bond acceptors (Lipinski definition) is 4. The summed E-state index contributed by atoms with van der Waals surface area (Å²) < 4.78 is 5.20.